The van der Waals surface area contributed by atoms with Gasteiger partial charge in [-0.25, -0.2) is 10.0 Å². The van der Waals surface area contributed by atoms with E-state index in [9.17, 15) is 14.9 Å². The smallest absolute Gasteiger partial charge is 0.292 e. The maximum absolute atomic E-state index is 12.1. The fourth-order valence-electron chi connectivity index (χ4n) is 1.65. The molecule has 1 amide bonds. The number of carbonyl (C=O) groups excluding carboxylic acids is 1. The van der Waals surface area contributed by atoms with E-state index in [0.717, 1.165) is 16.4 Å². The van der Waals surface area contributed by atoms with Crippen LogP contribution in [-0.4, -0.2) is 42.1 Å². The lowest BCUT2D eigenvalue weighted by Gasteiger charge is -2.12. The van der Waals surface area contributed by atoms with E-state index in [-0.39, 0.29) is 17.5 Å². The normalized spacial score (nSPS) is 10.3. The largest absolute Gasteiger partial charge is 0.480 e. The number of benzene rings is 1. The predicted octanol–water partition coefficient (Wildman–Crippen LogP) is 2.36. The molecule has 0 radical (unpaired) electrons. The number of nitrogens with zero attached hydrogens (tertiary/aromatic N) is 3. The molecule has 0 fully saturated rings. The van der Waals surface area contributed by atoms with E-state index in [1.165, 1.54) is 33.4 Å². The number of ether oxygens (including phenoxy) is 1. The number of thiazole rings is 1. The second-order valence-corrected chi connectivity index (χ2v) is 5.15. The van der Waals surface area contributed by atoms with Gasteiger partial charge in [0.15, 0.2) is 4.88 Å². The van der Waals surface area contributed by atoms with Crippen molar-refractivity contribution in [3.8, 4) is 16.5 Å². The first-order valence-corrected chi connectivity index (χ1v) is 6.91. The number of nitro benzene ring substituents is 1. The highest BCUT2D eigenvalue weighted by Crippen LogP contribution is 2.33. The van der Waals surface area contributed by atoms with Gasteiger partial charge in [0, 0.05) is 24.7 Å². The summed E-state index contributed by atoms with van der Waals surface area (Å²) in [5.74, 6) is -0.197. The maximum atomic E-state index is 12.1. The molecule has 1 aromatic heterocycles. The molecule has 116 valence electrons. The Morgan fingerprint density at radius 2 is 1.95 bits per heavy atom. The lowest BCUT2D eigenvalue weighted by Crippen LogP contribution is -2.24. The highest BCUT2D eigenvalue weighted by Gasteiger charge is 2.23. The van der Waals surface area contributed by atoms with Crippen LogP contribution in [0, 0.1) is 10.1 Å². The van der Waals surface area contributed by atoms with Crippen LogP contribution in [0.5, 0.6) is 5.88 Å². The predicted molar refractivity (Wildman–Crippen MR) is 79.9 cm³/mol. The molecular weight excluding hydrogens is 310 g/mol. The number of nitro groups is 1. The summed E-state index contributed by atoms with van der Waals surface area (Å²) in [4.78, 5) is 31.7. The third-order valence-electron chi connectivity index (χ3n) is 2.87. The van der Waals surface area contributed by atoms with Gasteiger partial charge in [-0.15, -0.1) is 11.3 Å². The monoisotopic (exact) mass is 323 g/mol. The summed E-state index contributed by atoms with van der Waals surface area (Å²) in [7, 11) is 4.27. The van der Waals surface area contributed by atoms with Crippen LogP contribution in [0.4, 0.5) is 5.69 Å². The molecule has 0 atom stereocenters. The molecule has 8 nitrogen and oxygen atoms in total. The Morgan fingerprint density at radius 1 is 1.32 bits per heavy atom. The number of hydrogen-bond donors (Lipinski definition) is 0. The van der Waals surface area contributed by atoms with Gasteiger partial charge in [0.25, 0.3) is 11.6 Å². The molecule has 9 heteroatoms. The number of hydroxylamine groups is 2. The number of carbonyl (C=O) groups is 1. The standard InChI is InChI=1S/C13H13N3O5S/c1-15(21-3)13(17)10-11(20-2)14-12(22-10)8-4-6-9(7-5-8)16(18)19/h4-7H,1-3H3. The minimum Gasteiger partial charge on any atom is -0.480 e. The third-order valence-corrected chi connectivity index (χ3v) is 3.94. The van der Waals surface area contributed by atoms with Gasteiger partial charge in [-0.3, -0.25) is 19.7 Å². The average molecular weight is 323 g/mol. The molecule has 0 spiro atoms. The summed E-state index contributed by atoms with van der Waals surface area (Å²) in [5.41, 5.74) is 0.649. The zero-order valence-electron chi connectivity index (χ0n) is 12.1. The highest BCUT2D eigenvalue weighted by atomic mass is 32.1. The van der Waals surface area contributed by atoms with Crippen LogP contribution in [0.3, 0.4) is 0 Å². The first-order chi connectivity index (χ1) is 10.5. The zero-order chi connectivity index (χ0) is 16.3. The number of non-ortho nitro benzene ring substituents is 1. The second-order valence-electron chi connectivity index (χ2n) is 4.15. The van der Waals surface area contributed by atoms with Crippen molar-refractivity contribution in [3.05, 3.63) is 39.3 Å². The fraction of sp³-hybridized carbons (Fsp3) is 0.231. The molecule has 0 aliphatic carbocycles. The van der Waals surface area contributed by atoms with Crippen molar-refractivity contribution in [2.24, 2.45) is 0 Å². The molecule has 0 unspecified atom stereocenters. The molecule has 1 heterocycles. The van der Waals surface area contributed by atoms with E-state index in [4.69, 9.17) is 9.57 Å². The van der Waals surface area contributed by atoms with Crippen LogP contribution in [0.25, 0.3) is 10.6 Å². The van der Waals surface area contributed by atoms with E-state index < -0.39 is 4.92 Å². The maximum Gasteiger partial charge on any atom is 0.292 e. The average Bonchev–Trinajstić information content (AvgIpc) is 2.97. The third kappa shape index (κ3) is 3.05. The van der Waals surface area contributed by atoms with Crippen molar-refractivity contribution in [2.45, 2.75) is 0 Å². The Morgan fingerprint density at radius 3 is 2.45 bits per heavy atom. The summed E-state index contributed by atoms with van der Waals surface area (Å²) < 4.78 is 5.11. The van der Waals surface area contributed by atoms with Crippen molar-refractivity contribution in [2.75, 3.05) is 21.3 Å². The van der Waals surface area contributed by atoms with Crippen molar-refractivity contribution >= 4 is 22.9 Å². The number of aromatic nitrogens is 1. The van der Waals surface area contributed by atoms with Gasteiger partial charge in [0.1, 0.15) is 5.01 Å². The molecule has 0 bridgehead atoms. The number of hydrogen-bond acceptors (Lipinski definition) is 7. The lowest BCUT2D eigenvalue weighted by molar-refractivity contribution is -0.384. The van der Waals surface area contributed by atoms with Gasteiger partial charge in [0.05, 0.1) is 19.1 Å². The Labute approximate surface area is 130 Å². The van der Waals surface area contributed by atoms with Crippen LogP contribution < -0.4 is 4.74 Å². The van der Waals surface area contributed by atoms with Gasteiger partial charge in [-0.05, 0) is 12.1 Å². The van der Waals surface area contributed by atoms with E-state index >= 15 is 0 Å². The Hall–Kier alpha value is -2.52. The van der Waals surface area contributed by atoms with E-state index in [1.807, 2.05) is 0 Å². The summed E-state index contributed by atoms with van der Waals surface area (Å²) in [6, 6.07) is 5.91. The van der Waals surface area contributed by atoms with Gasteiger partial charge in [-0.1, -0.05) is 0 Å². The Bertz CT molecular complexity index is 698. The quantitative estimate of drug-likeness (QED) is 0.619. The molecule has 22 heavy (non-hydrogen) atoms. The Kier molecular flexibility index (Phi) is 4.68. The van der Waals surface area contributed by atoms with E-state index in [1.54, 1.807) is 12.1 Å². The van der Waals surface area contributed by atoms with Gasteiger partial charge in [-0.2, -0.15) is 0 Å². The van der Waals surface area contributed by atoms with Crippen LogP contribution in [0.2, 0.25) is 0 Å². The minimum atomic E-state index is -0.477. The summed E-state index contributed by atoms with van der Waals surface area (Å²) >= 11 is 1.13. The fourth-order valence-corrected chi connectivity index (χ4v) is 2.66. The summed E-state index contributed by atoms with van der Waals surface area (Å²) in [6.07, 6.45) is 0. The number of rotatable bonds is 5. The molecule has 2 aromatic rings. The molecule has 0 saturated carbocycles. The SMILES string of the molecule is COc1nc(-c2ccc([N+](=O)[O-])cc2)sc1C(=O)N(C)OC. The molecular formula is C13H13N3O5S. The van der Waals surface area contributed by atoms with E-state index in [2.05, 4.69) is 4.98 Å². The number of methoxy groups -OCH3 is 1. The second kappa shape index (κ2) is 6.50. The molecule has 0 saturated heterocycles. The van der Waals surface area contributed by atoms with Gasteiger partial charge in [0.2, 0.25) is 5.88 Å². The molecule has 0 N–H and O–H groups in total. The van der Waals surface area contributed by atoms with Crippen molar-refractivity contribution < 1.29 is 19.3 Å². The van der Waals surface area contributed by atoms with E-state index in [0.29, 0.717) is 15.4 Å². The molecule has 1 aromatic carbocycles. The van der Waals surface area contributed by atoms with Crippen LogP contribution >= 0.6 is 11.3 Å². The number of amides is 1. The molecule has 0 aliphatic rings. The first-order valence-electron chi connectivity index (χ1n) is 6.09. The van der Waals surface area contributed by atoms with Crippen LogP contribution in [0.15, 0.2) is 24.3 Å². The van der Waals surface area contributed by atoms with Crippen molar-refractivity contribution in [1.29, 1.82) is 0 Å². The Balaban J connectivity index is 2.38. The van der Waals surface area contributed by atoms with Gasteiger partial charge < -0.3 is 4.74 Å². The first kappa shape index (κ1) is 15.9. The van der Waals surface area contributed by atoms with Crippen molar-refractivity contribution in [3.63, 3.8) is 0 Å². The summed E-state index contributed by atoms with van der Waals surface area (Å²) in [5, 5.41) is 12.3. The lowest BCUT2D eigenvalue weighted by atomic mass is 10.2. The van der Waals surface area contributed by atoms with Crippen LogP contribution in [0.1, 0.15) is 9.67 Å². The molecule has 0 aliphatic heterocycles. The highest BCUT2D eigenvalue weighted by molar-refractivity contribution is 7.17. The zero-order valence-corrected chi connectivity index (χ0v) is 12.9. The minimum absolute atomic E-state index is 0.0114. The van der Waals surface area contributed by atoms with Crippen LogP contribution in [-0.2, 0) is 4.84 Å². The topological polar surface area (TPSA) is 94.8 Å². The molecule has 2 rings (SSSR count). The van der Waals surface area contributed by atoms with Gasteiger partial charge >= 0.3 is 0 Å². The van der Waals surface area contributed by atoms with Crippen molar-refractivity contribution in [1.82, 2.24) is 10.0 Å². The summed E-state index contributed by atoms with van der Waals surface area (Å²) in [6.45, 7) is 0.